The van der Waals surface area contributed by atoms with E-state index < -0.39 is 6.04 Å². The van der Waals surface area contributed by atoms with Crippen LogP contribution in [0, 0.1) is 0 Å². The molecule has 0 spiro atoms. The van der Waals surface area contributed by atoms with Gasteiger partial charge in [0.2, 0.25) is 5.91 Å². The molecule has 2 N–H and O–H groups in total. The van der Waals surface area contributed by atoms with Crippen LogP contribution in [-0.4, -0.2) is 34.4 Å². The fourth-order valence-electron chi connectivity index (χ4n) is 1.56. The molecule has 2 amide bonds. The lowest BCUT2D eigenvalue weighted by molar-refractivity contribution is -0.124. The van der Waals surface area contributed by atoms with E-state index >= 15 is 0 Å². The van der Waals surface area contributed by atoms with Crippen LogP contribution in [0.5, 0.6) is 0 Å². The van der Waals surface area contributed by atoms with Crippen molar-refractivity contribution in [3.05, 3.63) is 24.3 Å². The summed E-state index contributed by atoms with van der Waals surface area (Å²) in [5, 5.41) is 5.33. The molecule has 0 saturated carbocycles. The van der Waals surface area contributed by atoms with Crippen molar-refractivity contribution >= 4 is 11.8 Å². The van der Waals surface area contributed by atoms with E-state index in [9.17, 15) is 9.59 Å². The fraction of sp³-hybridized carbons (Fsp3) is 0.400. The first-order chi connectivity index (χ1) is 7.77. The number of nitrogens with zero attached hydrogens (tertiary/aromatic N) is 2. The molecule has 0 bridgehead atoms. The van der Waals surface area contributed by atoms with Crippen molar-refractivity contribution in [1.29, 1.82) is 0 Å². The van der Waals surface area contributed by atoms with Gasteiger partial charge in [-0.2, -0.15) is 0 Å². The summed E-state index contributed by atoms with van der Waals surface area (Å²) < 4.78 is 0. The highest BCUT2D eigenvalue weighted by molar-refractivity contribution is 5.95. The topological polar surface area (TPSA) is 84.0 Å². The van der Waals surface area contributed by atoms with Crippen LogP contribution in [0.4, 0.5) is 0 Å². The third kappa shape index (κ3) is 2.33. The minimum Gasteiger partial charge on any atom is -0.354 e. The van der Waals surface area contributed by atoms with Crippen LogP contribution in [0.3, 0.4) is 0 Å². The Morgan fingerprint density at radius 1 is 1.50 bits per heavy atom. The number of carbonyl (C=O) groups is 2. The van der Waals surface area contributed by atoms with Gasteiger partial charge in [-0.25, -0.2) is 4.98 Å². The molecule has 16 heavy (non-hydrogen) atoms. The molecule has 0 aromatic carbocycles. The van der Waals surface area contributed by atoms with Crippen LogP contribution in [-0.2, 0) is 4.79 Å². The molecule has 84 valence electrons. The van der Waals surface area contributed by atoms with Crippen molar-refractivity contribution in [3.63, 3.8) is 0 Å². The van der Waals surface area contributed by atoms with Gasteiger partial charge < -0.3 is 10.6 Å². The maximum Gasteiger partial charge on any atom is 0.272 e. The molecule has 1 aliphatic rings. The molecule has 0 unspecified atom stereocenters. The lowest BCUT2D eigenvalue weighted by Crippen LogP contribution is -2.50. The van der Waals surface area contributed by atoms with E-state index in [0.717, 1.165) is 6.42 Å². The number of piperidine rings is 1. The SMILES string of the molecule is O=C(N[C@H]1CCCNC1=O)c1cnccn1. The van der Waals surface area contributed by atoms with Crippen LogP contribution >= 0.6 is 0 Å². The largest absolute Gasteiger partial charge is 0.354 e. The molecular weight excluding hydrogens is 208 g/mol. The van der Waals surface area contributed by atoms with Crippen LogP contribution < -0.4 is 10.6 Å². The second-order valence-corrected chi connectivity index (χ2v) is 3.55. The second kappa shape index (κ2) is 4.69. The molecular formula is C10H12N4O2. The number of aromatic nitrogens is 2. The number of amides is 2. The van der Waals surface area contributed by atoms with Gasteiger partial charge in [0, 0.05) is 18.9 Å². The predicted octanol–water partition coefficient (Wildman–Crippen LogP) is -0.515. The van der Waals surface area contributed by atoms with E-state index in [-0.39, 0.29) is 17.5 Å². The molecule has 1 fully saturated rings. The Balaban J connectivity index is 1.99. The van der Waals surface area contributed by atoms with Crippen molar-refractivity contribution in [2.24, 2.45) is 0 Å². The second-order valence-electron chi connectivity index (χ2n) is 3.55. The van der Waals surface area contributed by atoms with Gasteiger partial charge in [-0.1, -0.05) is 0 Å². The summed E-state index contributed by atoms with van der Waals surface area (Å²) >= 11 is 0. The average molecular weight is 220 g/mol. The lowest BCUT2D eigenvalue weighted by Gasteiger charge is -2.22. The van der Waals surface area contributed by atoms with E-state index in [0.29, 0.717) is 13.0 Å². The summed E-state index contributed by atoms with van der Waals surface area (Å²) in [5.41, 5.74) is 0.223. The molecule has 0 aliphatic carbocycles. The summed E-state index contributed by atoms with van der Waals surface area (Å²) in [7, 11) is 0. The van der Waals surface area contributed by atoms with Crippen LogP contribution in [0.1, 0.15) is 23.3 Å². The van der Waals surface area contributed by atoms with Crippen molar-refractivity contribution in [2.45, 2.75) is 18.9 Å². The maximum absolute atomic E-state index is 11.7. The van der Waals surface area contributed by atoms with Gasteiger partial charge >= 0.3 is 0 Å². The number of nitrogens with one attached hydrogen (secondary N) is 2. The minimum atomic E-state index is -0.455. The Bertz CT molecular complexity index is 393. The Hall–Kier alpha value is -1.98. The first-order valence-electron chi connectivity index (χ1n) is 5.12. The zero-order valence-corrected chi connectivity index (χ0v) is 8.64. The zero-order valence-electron chi connectivity index (χ0n) is 8.64. The molecule has 6 heteroatoms. The standard InChI is InChI=1S/C10H12N4O2/c15-9-7(2-1-3-13-9)14-10(16)8-6-11-4-5-12-8/h4-7H,1-3H2,(H,13,15)(H,14,16)/t7-/m0/s1. The van der Waals surface area contributed by atoms with Crippen molar-refractivity contribution in [1.82, 2.24) is 20.6 Å². The van der Waals surface area contributed by atoms with Gasteiger partial charge in [-0.05, 0) is 12.8 Å². The summed E-state index contributed by atoms with van der Waals surface area (Å²) in [6.07, 6.45) is 5.84. The van der Waals surface area contributed by atoms with Gasteiger partial charge in [-0.15, -0.1) is 0 Å². The van der Waals surface area contributed by atoms with E-state index in [1.54, 1.807) is 0 Å². The van der Waals surface area contributed by atoms with Gasteiger partial charge in [0.05, 0.1) is 6.20 Å². The normalized spacial score (nSPS) is 20.0. The van der Waals surface area contributed by atoms with Crippen LogP contribution in [0.15, 0.2) is 18.6 Å². The van der Waals surface area contributed by atoms with Gasteiger partial charge in [-0.3, -0.25) is 14.6 Å². The molecule has 2 heterocycles. The summed E-state index contributed by atoms with van der Waals surface area (Å²) in [6.45, 7) is 0.677. The number of carbonyl (C=O) groups excluding carboxylic acids is 2. The Kier molecular flexibility index (Phi) is 3.09. The van der Waals surface area contributed by atoms with E-state index in [4.69, 9.17) is 0 Å². The van der Waals surface area contributed by atoms with E-state index in [1.165, 1.54) is 18.6 Å². The molecule has 1 aromatic rings. The summed E-state index contributed by atoms with van der Waals surface area (Å²) in [4.78, 5) is 30.7. The molecule has 1 aromatic heterocycles. The third-order valence-corrected chi connectivity index (χ3v) is 2.39. The highest BCUT2D eigenvalue weighted by Gasteiger charge is 2.24. The maximum atomic E-state index is 11.7. The van der Waals surface area contributed by atoms with Crippen molar-refractivity contribution in [3.8, 4) is 0 Å². The summed E-state index contributed by atoms with van der Waals surface area (Å²) in [5.74, 6) is -0.501. The van der Waals surface area contributed by atoms with Gasteiger partial charge in [0.1, 0.15) is 11.7 Å². The lowest BCUT2D eigenvalue weighted by atomic mass is 10.1. The Morgan fingerprint density at radius 2 is 2.38 bits per heavy atom. The molecule has 1 saturated heterocycles. The molecule has 2 rings (SSSR count). The Morgan fingerprint density at radius 3 is 3.06 bits per heavy atom. The zero-order chi connectivity index (χ0) is 11.4. The van der Waals surface area contributed by atoms with E-state index in [2.05, 4.69) is 20.6 Å². The van der Waals surface area contributed by atoms with Crippen molar-refractivity contribution in [2.75, 3.05) is 6.54 Å². The van der Waals surface area contributed by atoms with Gasteiger partial charge in [0.15, 0.2) is 0 Å². The molecule has 1 aliphatic heterocycles. The predicted molar refractivity (Wildman–Crippen MR) is 55.5 cm³/mol. The van der Waals surface area contributed by atoms with Crippen LogP contribution in [0.2, 0.25) is 0 Å². The fourth-order valence-corrected chi connectivity index (χ4v) is 1.56. The van der Waals surface area contributed by atoms with E-state index in [1.807, 2.05) is 0 Å². The summed E-state index contributed by atoms with van der Waals surface area (Å²) in [6, 6.07) is -0.455. The Labute approximate surface area is 92.5 Å². The monoisotopic (exact) mass is 220 g/mol. The van der Waals surface area contributed by atoms with Crippen molar-refractivity contribution < 1.29 is 9.59 Å². The number of hydrogen-bond donors (Lipinski definition) is 2. The minimum absolute atomic E-state index is 0.136. The quantitative estimate of drug-likeness (QED) is 0.702. The average Bonchev–Trinajstić information content (AvgIpc) is 2.33. The molecule has 6 nitrogen and oxygen atoms in total. The van der Waals surface area contributed by atoms with Gasteiger partial charge in [0.25, 0.3) is 5.91 Å². The third-order valence-electron chi connectivity index (χ3n) is 2.39. The molecule has 1 atom stereocenters. The highest BCUT2D eigenvalue weighted by Crippen LogP contribution is 2.03. The smallest absolute Gasteiger partial charge is 0.272 e. The number of rotatable bonds is 2. The number of hydrogen-bond acceptors (Lipinski definition) is 4. The first-order valence-corrected chi connectivity index (χ1v) is 5.12. The van der Waals surface area contributed by atoms with Crippen LogP contribution in [0.25, 0.3) is 0 Å². The first kappa shape index (κ1) is 10.5. The highest BCUT2D eigenvalue weighted by atomic mass is 16.2. The molecule has 0 radical (unpaired) electrons.